The van der Waals surface area contributed by atoms with Crippen molar-refractivity contribution in [2.45, 2.75) is 173 Å². The molecule has 0 aromatic carbocycles. The van der Waals surface area contributed by atoms with E-state index in [0.29, 0.717) is 24.1 Å². The Labute approximate surface area is 337 Å². The Morgan fingerprint density at radius 3 is 1.61 bits per heavy atom. The number of carbonyl (C=O) groups is 1. The van der Waals surface area contributed by atoms with Gasteiger partial charge in [-0.1, -0.05) is 171 Å². The molecule has 0 radical (unpaired) electrons. The van der Waals surface area contributed by atoms with Crippen molar-refractivity contribution in [1.29, 1.82) is 0 Å². The van der Waals surface area contributed by atoms with Crippen LogP contribution in [0.1, 0.15) is 168 Å². The Kier molecular flexibility index (Phi) is 38.1. The number of carbonyl (C=O) groups excluding carboxylic acids is 1. The molecular weight excluding hydrogens is 718 g/mol. The standard InChI is InChI=1S/C44H82NO7PS/c1-6-8-10-12-14-16-18-20-22-23-24-25-27-29-31-33-35-37-44(46)54-43(42-51-53(47,48)52-50-40-38-45(3,4)5)41-49-39-36-34-32-30-28-26-21-19-17-15-13-11-9-7-2/h14,16,20,22,24-25,29,31,43H,6-13,15,17-19,21,23,26-28,30,32-42H2,1-5H3/b16-14-,22-20-,25-24-,31-29-. The van der Waals surface area contributed by atoms with Crippen LogP contribution in [0.25, 0.3) is 0 Å². The molecule has 2 atom stereocenters. The number of hydrogen-bond donors (Lipinski definition) is 0. The molecule has 0 rings (SSSR count). The molecule has 0 aliphatic rings. The van der Waals surface area contributed by atoms with E-state index in [4.69, 9.17) is 14.1 Å². The fourth-order valence-corrected chi connectivity index (χ4v) is 7.15. The van der Waals surface area contributed by atoms with Crippen LogP contribution >= 0.6 is 19.6 Å². The average molecular weight is 800 g/mol. The summed E-state index contributed by atoms with van der Waals surface area (Å²) in [6.45, 7) is 5.77. The van der Waals surface area contributed by atoms with Crippen LogP contribution in [0.2, 0.25) is 0 Å². The van der Waals surface area contributed by atoms with Crippen molar-refractivity contribution in [3.05, 3.63) is 48.6 Å². The average Bonchev–Trinajstić information content (AvgIpc) is 3.13. The maximum Gasteiger partial charge on any atom is 0.298 e. The lowest BCUT2D eigenvalue weighted by Gasteiger charge is -2.26. The Morgan fingerprint density at radius 2 is 1.09 bits per heavy atom. The van der Waals surface area contributed by atoms with Crippen molar-refractivity contribution in [1.82, 2.24) is 0 Å². The van der Waals surface area contributed by atoms with Crippen LogP contribution in [-0.4, -0.2) is 69.0 Å². The third-order valence-corrected chi connectivity index (χ3v) is 10.7. The number of unbranched alkanes of at least 4 members (excludes halogenated alkanes) is 17. The summed E-state index contributed by atoms with van der Waals surface area (Å²) in [5.74, 6) is 0. The molecular formula is C44H82NO7PS. The van der Waals surface area contributed by atoms with Gasteiger partial charge in [0.15, 0.2) is 5.12 Å². The minimum Gasteiger partial charge on any atom is -0.754 e. The van der Waals surface area contributed by atoms with Crippen LogP contribution in [0.5, 0.6) is 0 Å². The number of quaternary nitrogens is 1. The van der Waals surface area contributed by atoms with Crippen molar-refractivity contribution in [3.8, 4) is 0 Å². The second-order valence-corrected chi connectivity index (χ2v) is 18.1. The number of phosphoric ester groups is 1. The normalized spacial score (nSPS) is 14.3. The zero-order valence-corrected chi connectivity index (χ0v) is 37.1. The predicted molar refractivity (Wildman–Crippen MR) is 229 cm³/mol. The molecule has 0 aromatic heterocycles. The van der Waals surface area contributed by atoms with E-state index in [1.807, 2.05) is 21.1 Å². The second-order valence-electron chi connectivity index (χ2n) is 15.4. The Bertz CT molecular complexity index is 1010. The summed E-state index contributed by atoms with van der Waals surface area (Å²) in [6, 6.07) is 0. The van der Waals surface area contributed by atoms with Crippen LogP contribution in [0.4, 0.5) is 0 Å². The zero-order chi connectivity index (χ0) is 39.9. The van der Waals surface area contributed by atoms with E-state index in [1.165, 1.54) is 103 Å². The monoisotopic (exact) mass is 800 g/mol. The van der Waals surface area contributed by atoms with Crippen molar-refractivity contribution in [2.24, 2.45) is 0 Å². The Morgan fingerprint density at radius 1 is 0.630 bits per heavy atom. The summed E-state index contributed by atoms with van der Waals surface area (Å²) >= 11 is 1.10. The summed E-state index contributed by atoms with van der Waals surface area (Å²) in [5, 5.41) is -0.460. The highest BCUT2D eigenvalue weighted by atomic mass is 32.2. The van der Waals surface area contributed by atoms with Gasteiger partial charge < -0.3 is 18.6 Å². The molecule has 0 saturated heterocycles. The smallest absolute Gasteiger partial charge is 0.298 e. The number of nitrogens with zero attached hydrogens (tertiary/aromatic N) is 1. The third-order valence-electron chi connectivity index (χ3n) is 8.86. The van der Waals surface area contributed by atoms with Gasteiger partial charge in [0.2, 0.25) is 0 Å². The van der Waals surface area contributed by atoms with Gasteiger partial charge in [-0.3, -0.25) is 9.36 Å². The highest BCUT2D eigenvalue weighted by molar-refractivity contribution is 8.14. The summed E-state index contributed by atoms with van der Waals surface area (Å²) in [4.78, 5) is 30.0. The molecule has 0 aromatic rings. The van der Waals surface area contributed by atoms with Crippen LogP contribution < -0.4 is 4.89 Å². The summed E-state index contributed by atoms with van der Waals surface area (Å²) in [5.41, 5.74) is 0. The van der Waals surface area contributed by atoms with Gasteiger partial charge in [-0.25, -0.2) is 4.89 Å². The van der Waals surface area contributed by atoms with Gasteiger partial charge in [0.25, 0.3) is 7.82 Å². The van der Waals surface area contributed by atoms with Gasteiger partial charge in [-0.15, -0.1) is 0 Å². The number of allylic oxidation sites excluding steroid dienone is 8. The van der Waals surface area contributed by atoms with Gasteiger partial charge in [-0.2, -0.15) is 4.67 Å². The lowest BCUT2D eigenvalue weighted by atomic mass is 10.0. The zero-order valence-electron chi connectivity index (χ0n) is 35.4. The Hall–Kier alpha value is -1.03. The predicted octanol–water partition coefficient (Wildman–Crippen LogP) is 12.4. The first-order valence-corrected chi connectivity index (χ1v) is 23.9. The van der Waals surface area contributed by atoms with E-state index in [9.17, 15) is 14.3 Å². The molecule has 0 fully saturated rings. The molecule has 0 bridgehead atoms. The van der Waals surface area contributed by atoms with Crippen molar-refractivity contribution in [3.63, 3.8) is 0 Å². The van der Waals surface area contributed by atoms with E-state index >= 15 is 0 Å². The first kappa shape index (κ1) is 53.0. The summed E-state index contributed by atoms with van der Waals surface area (Å²) in [7, 11) is 1.23. The first-order valence-electron chi connectivity index (χ1n) is 21.5. The van der Waals surface area contributed by atoms with Crippen LogP contribution in [0, 0.1) is 0 Å². The molecule has 0 saturated carbocycles. The molecule has 10 heteroatoms. The fraction of sp³-hybridized carbons (Fsp3) is 0.795. The van der Waals surface area contributed by atoms with Crippen molar-refractivity contribution >= 4 is 24.7 Å². The minimum absolute atomic E-state index is 0.000394. The van der Waals surface area contributed by atoms with E-state index < -0.39 is 13.1 Å². The third kappa shape index (κ3) is 42.1. The first-order chi connectivity index (χ1) is 26.1. The number of thioether (sulfide) groups is 1. The van der Waals surface area contributed by atoms with Crippen LogP contribution in [0.15, 0.2) is 48.6 Å². The van der Waals surface area contributed by atoms with Crippen molar-refractivity contribution < 1.29 is 37.6 Å². The molecule has 0 aliphatic carbocycles. The lowest BCUT2D eigenvalue weighted by molar-refractivity contribution is -0.871. The molecule has 0 amide bonds. The second kappa shape index (κ2) is 38.8. The summed E-state index contributed by atoms with van der Waals surface area (Å²) < 4.78 is 28.5. The van der Waals surface area contributed by atoms with Gasteiger partial charge in [-0.05, 0) is 51.4 Å². The maximum absolute atomic E-state index is 12.8. The van der Waals surface area contributed by atoms with E-state index in [-0.39, 0.29) is 24.9 Å². The molecule has 0 spiro atoms. The molecule has 2 unspecified atom stereocenters. The van der Waals surface area contributed by atoms with Crippen molar-refractivity contribution in [2.75, 3.05) is 54.1 Å². The van der Waals surface area contributed by atoms with E-state index in [2.05, 4.69) is 67.1 Å². The molecule has 8 nitrogen and oxygen atoms in total. The number of rotatable bonds is 40. The summed E-state index contributed by atoms with van der Waals surface area (Å²) in [6.07, 6.45) is 45.5. The number of likely N-dealkylation sites (N-methyl/N-ethyl adjacent to an activating group) is 1. The van der Waals surface area contributed by atoms with Crippen LogP contribution in [-0.2, 0) is 28.2 Å². The molecule has 316 valence electrons. The number of hydrogen-bond acceptors (Lipinski definition) is 8. The van der Waals surface area contributed by atoms with Gasteiger partial charge >= 0.3 is 0 Å². The molecule has 54 heavy (non-hydrogen) atoms. The highest BCUT2D eigenvalue weighted by Crippen LogP contribution is 2.39. The van der Waals surface area contributed by atoms with E-state index in [0.717, 1.165) is 56.7 Å². The fourth-order valence-electron chi connectivity index (χ4n) is 5.51. The van der Waals surface area contributed by atoms with Crippen LogP contribution in [0.3, 0.4) is 0 Å². The highest BCUT2D eigenvalue weighted by Gasteiger charge is 2.20. The maximum atomic E-state index is 12.8. The quantitative estimate of drug-likeness (QED) is 0.0151. The molecule has 0 aliphatic heterocycles. The number of phosphoric acid groups is 1. The lowest BCUT2D eigenvalue weighted by Crippen LogP contribution is -2.37. The van der Waals surface area contributed by atoms with Gasteiger partial charge in [0.05, 0.1) is 39.6 Å². The topological polar surface area (TPSA) is 94.1 Å². The van der Waals surface area contributed by atoms with Gasteiger partial charge in [0, 0.05) is 13.0 Å². The Balaban J connectivity index is 4.39. The van der Waals surface area contributed by atoms with Gasteiger partial charge in [0.1, 0.15) is 13.2 Å². The molecule has 0 N–H and O–H groups in total. The minimum atomic E-state index is -4.68. The number of ether oxygens (including phenoxy) is 1. The largest absolute Gasteiger partial charge is 0.754 e. The SMILES string of the molecule is CCCCC/C=C\C/C=C\C/C=C\C/C=C\CCCC(=O)SC(COCCCCCCCCCCCCCCCC)COP(=O)([O-])OOCC[N+](C)(C)C. The van der Waals surface area contributed by atoms with E-state index in [1.54, 1.807) is 0 Å². The molecule has 0 heterocycles.